The maximum Gasteiger partial charge on any atom is 0.343 e. The van der Waals surface area contributed by atoms with Gasteiger partial charge in [0, 0.05) is 5.92 Å². The molecular formula is C39H29NO4. The third-order valence-electron chi connectivity index (χ3n) is 8.64. The summed E-state index contributed by atoms with van der Waals surface area (Å²) < 4.78 is 11.6. The SMILES string of the molecule is N#Cc1ccc(COc2ccc(-c3ccc(C4Cc5ccccc5C(c5c(O)c6ccccc6oc5=O)C4)cc3)cc2)cc1. The van der Waals surface area contributed by atoms with Gasteiger partial charge in [-0.05, 0) is 88.5 Å². The summed E-state index contributed by atoms with van der Waals surface area (Å²) in [7, 11) is 0. The highest BCUT2D eigenvalue weighted by Gasteiger charge is 2.33. The maximum atomic E-state index is 13.2. The zero-order valence-corrected chi connectivity index (χ0v) is 23.9. The molecule has 0 saturated heterocycles. The molecule has 214 valence electrons. The minimum Gasteiger partial charge on any atom is -0.507 e. The number of hydrogen-bond donors (Lipinski definition) is 1. The van der Waals surface area contributed by atoms with Crippen LogP contribution < -0.4 is 10.4 Å². The van der Waals surface area contributed by atoms with Crippen molar-refractivity contribution in [3.8, 4) is 28.7 Å². The number of nitriles is 1. The Kier molecular flexibility index (Phi) is 7.17. The van der Waals surface area contributed by atoms with E-state index in [-0.39, 0.29) is 17.6 Å². The molecule has 0 bridgehead atoms. The fourth-order valence-electron chi connectivity index (χ4n) is 6.34. The van der Waals surface area contributed by atoms with Crippen LogP contribution >= 0.6 is 0 Å². The molecule has 5 heteroatoms. The number of para-hydroxylation sites is 1. The predicted octanol–water partition coefficient (Wildman–Crippen LogP) is 8.48. The molecule has 1 aromatic heterocycles. The Morgan fingerprint density at radius 2 is 1.50 bits per heavy atom. The molecule has 2 unspecified atom stereocenters. The van der Waals surface area contributed by atoms with Crippen LogP contribution in [0.25, 0.3) is 22.1 Å². The van der Waals surface area contributed by atoms with E-state index in [1.54, 1.807) is 30.3 Å². The molecule has 0 spiro atoms. The molecule has 0 saturated carbocycles. The van der Waals surface area contributed by atoms with Crippen molar-refractivity contribution < 1.29 is 14.3 Å². The van der Waals surface area contributed by atoms with Gasteiger partial charge in [-0.15, -0.1) is 0 Å². The molecule has 1 aliphatic carbocycles. The predicted molar refractivity (Wildman–Crippen MR) is 171 cm³/mol. The standard InChI is InChI=1S/C39H29NO4/c40-23-25-9-11-26(12-10-25)24-43-32-19-17-28(18-20-32)27-13-15-29(16-14-27)31-21-30-5-1-2-6-33(30)35(22-31)37-38(41)34-7-3-4-8-36(34)44-39(37)42/h1-20,31,35,41H,21-22,24H2. The number of ether oxygens (including phenoxy) is 1. The van der Waals surface area contributed by atoms with E-state index in [4.69, 9.17) is 14.4 Å². The summed E-state index contributed by atoms with van der Waals surface area (Å²) >= 11 is 0. The molecule has 0 aliphatic heterocycles. The molecule has 0 amide bonds. The van der Waals surface area contributed by atoms with Crippen LogP contribution in [0.4, 0.5) is 0 Å². The first kappa shape index (κ1) is 27.2. The van der Waals surface area contributed by atoms with Gasteiger partial charge in [-0.3, -0.25) is 0 Å². The number of benzene rings is 5. The van der Waals surface area contributed by atoms with Crippen LogP contribution in [0.3, 0.4) is 0 Å². The van der Waals surface area contributed by atoms with Gasteiger partial charge in [-0.2, -0.15) is 5.26 Å². The van der Waals surface area contributed by atoms with Gasteiger partial charge in [0.25, 0.3) is 0 Å². The number of aromatic hydroxyl groups is 1. The second-order valence-corrected chi connectivity index (χ2v) is 11.3. The van der Waals surface area contributed by atoms with E-state index >= 15 is 0 Å². The minimum absolute atomic E-state index is 0.0111. The zero-order valence-electron chi connectivity index (χ0n) is 23.9. The van der Waals surface area contributed by atoms with Gasteiger partial charge in [-0.1, -0.05) is 84.9 Å². The van der Waals surface area contributed by atoms with Gasteiger partial charge in [0.2, 0.25) is 0 Å². The second kappa shape index (κ2) is 11.6. The molecule has 6 aromatic rings. The molecule has 0 fully saturated rings. The highest BCUT2D eigenvalue weighted by atomic mass is 16.5. The average molecular weight is 576 g/mol. The van der Waals surface area contributed by atoms with Crippen molar-refractivity contribution in [1.82, 2.24) is 0 Å². The van der Waals surface area contributed by atoms with Crippen LogP contribution in [-0.4, -0.2) is 5.11 Å². The second-order valence-electron chi connectivity index (χ2n) is 11.3. The Morgan fingerprint density at radius 3 is 2.25 bits per heavy atom. The number of hydrogen-bond acceptors (Lipinski definition) is 5. The molecular weight excluding hydrogens is 546 g/mol. The van der Waals surface area contributed by atoms with Crippen LogP contribution in [0.5, 0.6) is 11.5 Å². The third kappa shape index (κ3) is 5.23. The highest BCUT2D eigenvalue weighted by Crippen LogP contribution is 2.46. The highest BCUT2D eigenvalue weighted by molar-refractivity contribution is 5.84. The van der Waals surface area contributed by atoms with E-state index in [1.165, 1.54) is 11.1 Å². The lowest BCUT2D eigenvalue weighted by molar-refractivity contribution is 0.306. The van der Waals surface area contributed by atoms with Crippen LogP contribution in [-0.2, 0) is 13.0 Å². The van der Waals surface area contributed by atoms with Crippen molar-refractivity contribution in [2.24, 2.45) is 0 Å². The molecule has 44 heavy (non-hydrogen) atoms. The number of nitrogens with zero attached hydrogens (tertiary/aromatic N) is 1. The molecule has 1 heterocycles. The van der Waals surface area contributed by atoms with E-state index in [0.717, 1.165) is 34.4 Å². The Hall–Kier alpha value is -5.60. The first-order chi connectivity index (χ1) is 21.6. The maximum absolute atomic E-state index is 13.2. The van der Waals surface area contributed by atoms with Crippen molar-refractivity contribution in [2.45, 2.75) is 31.3 Å². The van der Waals surface area contributed by atoms with E-state index in [1.807, 2.05) is 42.5 Å². The Bertz CT molecular complexity index is 2050. The quantitative estimate of drug-likeness (QED) is 0.201. The molecule has 2 atom stereocenters. The van der Waals surface area contributed by atoms with E-state index in [0.29, 0.717) is 35.1 Å². The molecule has 1 aliphatic rings. The van der Waals surface area contributed by atoms with E-state index in [2.05, 4.69) is 54.6 Å². The van der Waals surface area contributed by atoms with Crippen LogP contribution in [0.15, 0.2) is 131 Å². The number of fused-ring (bicyclic) bond motifs is 2. The average Bonchev–Trinajstić information content (AvgIpc) is 3.08. The summed E-state index contributed by atoms with van der Waals surface area (Å²) in [6, 6.07) is 41.5. The molecule has 0 radical (unpaired) electrons. The first-order valence-electron chi connectivity index (χ1n) is 14.7. The summed E-state index contributed by atoms with van der Waals surface area (Å²) in [6.45, 7) is 0.435. The van der Waals surface area contributed by atoms with Gasteiger partial charge in [0.15, 0.2) is 0 Å². The largest absolute Gasteiger partial charge is 0.507 e. The fourth-order valence-corrected chi connectivity index (χ4v) is 6.34. The van der Waals surface area contributed by atoms with E-state index < -0.39 is 5.63 Å². The summed E-state index contributed by atoms with van der Waals surface area (Å²) in [5.41, 5.74) is 7.52. The van der Waals surface area contributed by atoms with Gasteiger partial charge in [-0.25, -0.2) is 4.79 Å². The Morgan fingerprint density at radius 1 is 0.818 bits per heavy atom. The Balaban J connectivity index is 1.11. The normalized spacial score (nSPS) is 15.8. The molecule has 5 aromatic carbocycles. The van der Waals surface area contributed by atoms with Gasteiger partial charge in [0.1, 0.15) is 23.7 Å². The summed E-state index contributed by atoms with van der Waals surface area (Å²) in [4.78, 5) is 13.2. The summed E-state index contributed by atoms with van der Waals surface area (Å²) in [5, 5.41) is 20.8. The molecule has 5 nitrogen and oxygen atoms in total. The van der Waals surface area contributed by atoms with Crippen molar-refractivity contribution >= 4 is 11.0 Å². The van der Waals surface area contributed by atoms with Crippen LogP contribution in [0.2, 0.25) is 0 Å². The van der Waals surface area contributed by atoms with Gasteiger partial charge in [0.05, 0.1) is 22.6 Å². The van der Waals surface area contributed by atoms with Gasteiger partial charge >= 0.3 is 5.63 Å². The van der Waals surface area contributed by atoms with Crippen molar-refractivity contribution in [2.75, 3.05) is 0 Å². The lowest BCUT2D eigenvalue weighted by Crippen LogP contribution is -2.23. The lowest BCUT2D eigenvalue weighted by atomic mass is 9.72. The first-order valence-corrected chi connectivity index (χ1v) is 14.7. The minimum atomic E-state index is -0.485. The van der Waals surface area contributed by atoms with Crippen molar-refractivity contribution in [3.63, 3.8) is 0 Å². The van der Waals surface area contributed by atoms with E-state index in [9.17, 15) is 9.90 Å². The lowest BCUT2D eigenvalue weighted by Gasteiger charge is -2.32. The smallest absolute Gasteiger partial charge is 0.343 e. The summed E-state index contributed by atoms with van der Waals surface area (Å²) in [6.07, 6.45) is 1.55. The van der Waals surface area contributed by atoms with Crippen LogP contribution in [0, 0.1) is 11.3 Å². The van der Waals surface area contributed by atoms with Crippen molar-refractivity contribution in [3.05, 3.63) is 165 Å². The number of rotatable bonds is 6. The molecule has 1 N–H and O–H groups in total. The van der Waals surface area contributed by atoms with Gasteiger partial charge < -0.3 is 14.3 Å². The molecule has 7 rings (SSSR count). The summed E-state index contributed by atoms with van der Waals surface area (Å²) in [5.74, 6) is 0.689. The third-order valence-corrected chi connectivity index (χ3v) is 8.64. The Labute approximate surface area is 255 Å². The van der Waals surface area contributed by atoms with Crippen molar-refractivity contribution in [1.29, 1.82) is 5.26 Å². The van der Waals surface area contributed by atoms with Crippen LogP contribution in [0.1, 0.15) is 51.6 Å². The zero-order chi connectivity index (χ0) is 30.0. The fraction of sp³-hybridized carbons (Fsp3) is 0.128. The topological polar surface area (TPSA) is 83.5 Å². The monoisotopic (exact) mass is 575 g/mol.